The van der Waals surface area contributed by atoms with Crippen molar-refractivity contribution >= 4 is 5.91 Å². The van der Waals surface area contributed by atoms with Crippen molar-refractivity contribution in [2.45, 2.75) is 38.3 Å². The van der Waals surface area contributed by atoms with Gasteiger partial charge in [-0.1, -0.05) is 6.07 Å². The molecule has 0 aromatic carbocycles. The van der Waals surface area contributed by atoms with Gasteiger partial charge in [-0.05, 0) is 44.9 Å². The zero-order valence-corrected chi connectivity index (χ0v) is 12.8. The molecule has 1 N–H and O–H groups in total. The Morgan fingerprint density at radius 2 is 2.18 bits per heavy atom. The number of carbonyl (C=O) groups excluding carboxylic acids is 1. The van der Waals surface area contributed by atoms with E-state index in [1.807, 2.05) is 0 Å². The molecule has 116 valence electrons. The zero-order chi connectivity index (χ0) is 15.7. The first-order valence-corrected chi connectivity index (χ1v) is 7.47. The van der Waals surface area contributed by atoms with Gasteiger partial charge in [0.15, 0.2) is 5.82 Å². The number of amides is 1. The largest absolute Gasteiger partial charge is 0.388 e. The van der Waals surface area contributed by atoms with Crippen LogP contribution in [0.1, 0.15) is 37.2 Å². The van der Waals surface area contributed by atoms with Crippen LogP contribution < -0.4 is 0 Å². The molecule has 6 nitrogen and oxygen atoms in total. The maximum Gasteiger partial charge on any atom is 0.272 e. The topological polar surface area (TPSA) is 71.2 Å². The standard InChI is InChI=1S/C16H20N4O2/c1-16(2,22)13-7-4-10-19(13)15(21)12-6-3-8-14(18-12)20-11-5-9-17-20/h3,5-6,8-9,11,13,22H,4,7,10H2,1-2H3. The molecule has 3 rings (SSSR count). The third kappa shape index (κ3) is 2.74. The summed E-state index contributed by atoms with van der Waals surface area (Å²) in [5.41, 5.74) is -0.532. The second-order valence-corrected chi connectivity index (χ2v) is 6.14. The predicted molar refractivity (Wildman–Crippen MR) is 81.7 cm³/mol. The van der Waals surface area contributed by atoms with Gasteiger partial charge in [0.05, 0.1) is 11.6 Å². The Morgan fingerprint density at radius 1 is 1.36 bits per heavy atom. The Balaban J connectivity index is 1.88. The average Bonchev–Trinajstić information content (AvgIpc) is 3.17. The van der Waals surface area contributed by atoms with Crippen LogP contribution in [-0.2, 0) is 0 Å². The summed E-state index contributed by atoms with van der Waals surface area (Å²) in [6.07, 6.45) is 5.17. The SMILES string of the molecule is CC(C)(O)C1CCCN1C(=O)c1cccc(-n2cccn2)n1. The van der Waals surface area contributed by atoms with E-state index in [1.165, 1.54) is 0 Å². The Labute approximate surface area is 129 Å². The molecule has 0 radical (unpaired) electrons. The molecule has 2 aromatic heterocycles. The van der Waals surface area contributed by atoms with Gasteiger partial charge in [-0.15, -0.1) is 0 Å². The smallest absolute Gasteiger partial charge is 0.272 e. The van der Waals surface area contributed by atoms with E-state index in [9.17, 15) is 9.90 Å². The fourth-order valence-electron chi connectivity index (χ4n) is 2.97. The van der Waals surface area contributed by atoms with Gasteiger partial charge in [-0.25, -0.2) is 9.67 Å². The summed E-state index contributed by atoms with van der Waals surface area (Å²) in [6.45, 7) is 4.15. The number of aromatic nitrogens is 3. The molecule has 0 spiro atoms. The van der Waals surface area contributed by atoms with Crippen LogP contribution in [-0.4, -0.2) is 48.9 Å². The Morgan fingerprint density at radius 3 is 2.86 bits per heavy atom. The normalized spacial score (nSPS) is 18.7. The van der Waals surface area contributed by atoms with E-state index in [0.29, 0.717) is 18.1 Å². The molecule has 6 heteroatoms. The van der Waals surface area contributed by atoms with Crippen LogP contribution in [0, 0.1) is 0 Å². The summed E-state index contributed by atoms with van der Waals surface area (Å²) in [7, 11) is 0. The minimum Gasteiger partial charge on any atom is -0.388 e. The summed E-state index contributed by atoms with van der Waals surface area (Å²) in [4.78, 5) is 18.9. The fraction of sp³-hybridized carbons (Fsp3) is 0.438. The van der Waals surface area contributed by atoms with Gasteiger partial charge in [0.1, 0.15) is 5.69 Å². The maximum atomic E-state index is 12.7. The lowest BCUT2D eigenvalue weighted by atomic mass is 9.96. The van der Waals surface area contributed by atoms with Crippen LogP contribution in [0.4, 0.5) is 0 Å². The zero-order valence-electron chi connectivity index (χ0n) is 12.8. The summed E-state index contributed by atoms with van der Waals surface area (Å²) < 4.78 is 1.62. The third-order valence-electron chi connectivity index (χ3n) is 4.02. The first kappa shape index (κ1) is 14.7. The highest BCUT2D eigenvalue weighted by atomic mass is 16.3. The highest BCUT2D eigenvalue weighted by Gasteiger charge is 2.39. The van der Waals surface area contributed by atoms with E-state index in [0.717, 1.165) is 12.8 Å². The van der Waals surface area contributed by atoms with Gasteiger partial charge in [0.2, 0.25) is 0 Å². The minimum absolute atomic E-state index is 0.140. The number of likely N-dealkylation sites (tertiary alicyclic amines) is 1. The van der Waals surface area contributed by atoms with Crippen LogP contribution in [0.15, 0.2) is 36.7 Å². The lowest BCUT2D eigenvalue weighted by molar-refractivity contribution is 0.000119. The number of aliphatic hydroxyl groups is 1. The molecule has 1 aliphatic rings. The molecular weight excluding hydrogens is 280 g/mol. The first-order chi connectivity index (χ1) is 10.5. The number of hydrogen-bond acceptors (Lipinski definition) is 4. The lowest BCUT2D eigenvalue weighted by Gasteiger charge is -2.33. The summed E-state index contributed by atoms with van der Waals surface area (Å²) in [5, 5.41) is 14.4. The van der Waals surface area contributed by atoms with Crippen molar-refractivity contribution in [2.24, 2.45) is 0 Å². The number of carbonyl (C=O) groups is 1. The van der Waals surface area contributed by atoms with Crippen molar-refractivity contribution < 1.29 is 9.90 Å². The predicted octanol–water partition coefficient (Wildman–Crippen LogP) is 1.64. The van der Waals surface area contributed by atoms with Crippen molar-refractivity contribution in [3.05, 3.63) is 42.4 Å². The van der Waals surface area contributed by atoms with Gasteiger partial charge < -0.3 is 10.0 Å². The molecule has 22 heavy (non-hydrogen) atoms. The monoisotopic (exact) mass is 300 g/mol. The van der Waals surface area contributed by atoms with Gasteiger partial charge in [0.25, 0.3) is 5.91 Å². The molecule has 1 saturated heterocycles. The number of nitrogens with zero attached hydrogens (tertiary/aromatic N) is 4. The average molecular weight is 300 g/mol. The van der Waals surface area contributed by atoms with Crippen LogP contribution in [0.5, 0.6) is 0 Å². The number of pyridine rings is 1. The van der Waals surface area contributed by atoms with Crippen molar-refractivity contribution in [1.82, 2.24) is 19.7 Å². The highest BCUT2D eigenvalue weighted by Crippen LogP contribution is 2.28. The van der Waals surface area contributed by atoms with E-state index >= 15 is 0 Å². The lowest BCUT2D eigenvalue weighted by Crippen LogP contribution is -2.48. The van der Waals surface area contributed by atoms with Crippen LogP contribution in [0.2, 0.25) is 0 Å². The Hall–Kier alpha value is -2.21. The molecule has 0 saturated carbocycles. The van der Waals surface area contributed by atoms with Gasteiger partial charge >= 0.3 is 0 Å². The third-order valence-corrected chi connectivity index (χ3v) is 4.02. The van der Waals surface area contributed by atoms with Crippen molar-refractivity contribution in [1.29, 1.82) is 0 Å². The molecule has 0 aliphatic carbocycles. The van der Waals surface area contributed by atoms with Crippen LogP contribution in [0.3, 0.4) is 0 Å². The van der Waals surface area contributed by atoms with Crippen molar-refractivity contribution in [3.8, 4) is 5.82 Å². The van der Waals surface area contributed by atoms with Crippen LogP contribution in [0.25, 0.3) is 5.82 Å². The molecule has 1 amide bonds. The van der Waals surface area contributed by atoms with Crippen molar-refractivity contribution in [3.63, 3.8) is 0 Å². The molecule has 1 aliphatic heterocycles. The maximum absolute atomic E-state index is 12.7. The molecule has 1 fully saturated rings. The summed E-state index contributed by atoms with van der Waals surface area (Å²) >= 11 is 0. The second-order valence-electron chi connectivity index (χ2n) is 6.14. The molecular formula is C16H20N4O2. The van der Waals surface area contributed by atoms with E-state index in [2.05, 4.69) is 10.1 Å². The molecule has 2 aromatic rings. The van der Waals surface area contributed by atoms with E-state index < -0.39 is 5.60 Å². The van der Waals surface area contributed by atoms with E-state index in [-0.39, 0.29) is 11.9 Å². The first-order valence-electron chi connectivity index (χ1n) is 7.47. The number of hydrogen-bond donors (Lipinski definition) is 1. The van der Waals surface area contributed by atoms with Gasteiger partial charge in [0, 0.05) is 18.9 Å². The minimum atomic E-state index is -0.911. The fourth-order valence-corrected chi connectivity index (χ4v) is 2.97. The Bertz CT molecular complexity index is 661. The van der Waals surface area contributed by atoms with E-state index in [1.54, 1.807) is 60.1 Å². The molecule has 1 unspecified atom stereocenters. The Kier molecular flexibility index (Phi) is 3.70. The van der Waals surface area contributed by atoms with Crippen molar-refractivity contribution in [2.75, 3.05) is 6.54 Å². The molecule has 1 atom stereocenters. The highest BCUT2D eigenvalue weighted by molar-refractivity contribution is 5.93. The summed E-state index contributed by atoms with van der Waals surface area (Å²) in [5.74, 6) is 0.466. The summed E-state index contributed by atoms with van der Waals surface area (Å²) in [6, 6.07) is 6.94. The van der Waals surface area contributed by atoms with Crippen LogP contribution >= 0.6 is 0 Å². The number of rotatable bonds is 3. The molecule has 0 bridgehead atoms. The second kappa shape index (κ2) is 5.53. The molecule has 3 heterocycles. The van der Waals surface area contributed by atoms with E-state index in [4.69, 9.17) is 0 Å². The quantitative estimate of drug-likeness (QED) is 0.935. The van der Waals surface area contributed by atoms with Gasteiger partial charge in [-0.2, -0.15) is 5.10 Å². The van der Waals surface area contributed by atoms with Gasteiger partial charge in [-0.3, -0.25) is 4.79 Å².